The third-order valence-corrected chi connectivity index (χ3v) is 3.47. The topological polar surface area (TPSA) is 38.3 Å². The van der Waals surface area contributed by atoms with Gasteiger partial charge in [-0.05, 0) is 38.6 Å². The van der Waals surface area contributed by atoms with Crippen LogP contribution in [0.5, 0.6) is 0 Å². The molecule has 18 heavy (non-hydrogen) atoms. The monoisotopic (exact) mass is 297 g/mol. The van der Waals surface area contributed by atoms with Gasteiger partial charge in [0, 0.05) is 6.04 Å². The van der Waals surface area contributed by atoms with E-state index < -0.39 is 0 Å². The summed E-state index contributed by atoms with van der Waals surface area (Å²) in [5.41, 5.74) is 0. The van der Waals surface area contributed by atoms with Gasteiger partial charge in [-0.15, -0.1) is 24.8 Å². The van der Waals surface area contributed by atoms with Gasteiger partial charge in [0.1, 0.15) is 0 Å². The first kappa shape index (κ1) is 20.4. The van der Waals surface area contributed by atoms with Crippen molar-refractivity contribution < 1.29 is 9.45 Å². The molecule has 1 N–H and O–H groups in total. The van der Waals surface area contributed by atoms with Crippen LogP contribution in [0.2, 0.25) is 0 Å². The van der Waals surface area contributed by atoms with E-state index in [1.165, 1.54) is 20.9 Å². The molecule has 1 rings (SSSR count). The highest BCUT2D eigenvalue weighted by atomic mass is 35.5. The Hall–Kier alpha value is 0.0749. The van der Waals surface area contributed by atoms with Crippen molar-refractivity contribution >= 4 is 38.8 Å². The summed E-state index contributed by atoms with van der Waals surface area (Å²) in [6.45, 7) is 3.30. The van der Waals surface area contributed by atoms with Crippen LogP contribution in [0.15, 0.2) is 0 Å². The summed E-state index contributed by atoms with van der Waals surface area (Å²) in [6.07, 6.45) is 7.89. The standard InChI is InChI=1S/C12H24BNO2.2ClH/c1-2-3-5-10(12(15)16-13)7-8-11-6-4-9-14-11;;/h10-11,14H,2-9,13H2,1H3;2*1H/t10?,11-;;/m0../s1. The molecule has 0 spiro atoms. The lowest BCUT2D eigenvalue weighted by atomic mass is 9.94. The summed E-state index contributed by atoms with van der Waals surface area (Å²) in [5.74, 6) is 0.0961. The molecule has 2 atom stereocenters. The molecule has 3 nitrogen and oxygen atoms in total. The van der Waals surface area contributed by atoms with Crippen molar-refractivity contribution in [3.8, 4) is 0 Å². The maximum absolute atomic E-state index is 11.6. The largest absolute Gasteiger partial charge is 0.543 e. The summed E-state index contributed by atoms with van der Waals surface area (Å²) >= 11 is 0. The smallest absolute Gasteiger partial charge is 0.325 e. The van der Waals surface area contributed by atoms with Crippen LogP contribution in [0.4, 0.5) is 0 Å². The lowest BCUT2D eigenvalue weighted by Gasteiger charge is -2.17. The highest BCUT2D eigenvalue weighted by Crippen LogP contribution is 2.20. The minimum atomic E-state index is -0.0218. The SMILES string of the molecule is BOC(=O)C(CCCC)CC[C@@H]1CCCN1.Cl.Cl. The number of nitrogens with one attached hydrogen (secondary N) is 1. The van der Waals surface area contributed by atoms with Gasteiger partial charge < -0.3 is 9.97 Å². The Morgan fingerprint density at radius 2 is 2.17 bits per heavy atom. The van der Waals surface area contributed by atoms with Crippen LogP contribution in [0.3, 0.4) is 0 Å². The molecule has 0 amide bonds. The van der Waals surface area contributed by atoms with Gasteiger partial charge in [0.15, 0.2) is 0 Å². The molecule has 1 aliphatic rings. The molecule has 0 bridgehead atoms. The van der Waals surface area contributed by atoms with Gasteiger partial charge in [-0.3, -0.25) is 4.79 Å². The molecule has 1 heterocycles. The van der Waals surface area contributed by atoms with Crippen LogP contribution in [0.25, 0.3) is 0 Å². The van der Waals surface area contributed by atoms with Crippen LogP contribution in [0.1, 0.15) is 51.9 Å². The Morgan fingerprint density at radius 3 is 2.67 bits per heavy atom. The molecular formula is C12H26BCl2NO2. The third-order valence-electron chi connectivity index (χ3n) is 3.47. The second-order valence-electron chi connectivity index (χ2n) is 4.73. The molecule has 1 fully saturated rings. The Morgan fingerprint density at radius 1 is 1.44 bits per heavy atom. The number of halogens is 2. The first-order valence-corrected chi connectivity index (χ1v) is 6.59. The van der Waals surface area contributed by atoms with Crippen LogP contribution >= 0.6 is 24.8 Å². The number of rotatable bonds is 7. The molecule has 0 aromatic carbocycles. The second kappa shape index (κ2) is 12.1. The van der Waals surface area contributed by atoms with E-state index in [-0.39, 0.29) is 36.7 Å². The quantitative estimate of drug-likeness (QED) is 0.733. The molecule has 0 aromatic rings. The minimum absolute atomic E-state index is 0. The van der Waals surface area contributed by atoms with Crippen molar-refractivity contribution in [2.45, 2.75) is 57.9 Å². The van der Waals surface area contributed by atoms with Gasteiger partial charge >= 0.3 is 8.05 Å². The minimum Gasteiger partial charge on any atom is -0.543 e. The van der Waals surface area contributed by atoms with E-state index in [0.717, 1.165) is 38.6 Å². The normalized spacial score (nSPS) is 19.5. The Bertz CT molecular complexity index is 214. The van der Waals surface area contributed by atoms with Crippen LogP contribution in [-0.4, -0.2) is 26.6 Å². The maximum atomic E-state index is 11.6. The summed E-state index contributed by atoms with van der Waals surface area (Å²) in [6, 6.07) is 0.633. The molecule has 0 aliphatic carbocycles. The summed E-state index contributed by atoms with van der Waals surface area (Å²) in [7, 11) is 1.50. The van der Waals surface area contributed by atoms with E-state index in [0.29, 0.717) is 6.04 Å². The highest BCUT2D eigenvalue weighted by molar-refractivity contribution is 6.05. The van der Waals surface area contributed by atoms with Gasteiger partial charge in [0.25, 0.3) is 5.97 Å². The Balaban J connectivity index is 0. The van der Waals surface area contributed by atoms with Gasteiger partial charge in [-0.1, -0.05) is 19.8 Å². The van der Waals surface area contributed by atoms with Crippen molar-refractivity contribution in [3.05, 3.63) is 0 Å². The lowest BCUT2D eigenvalue weighted by molar-refractivity contribution is -0.139. The zero-order valence-electron chi connectivity index (χ0n) is 11.4. The van der Waals surface area contributed by atoms with Gasteiger partial charge in [0.2, 0.25) is 0 Å². The van der Waals surface area contributed by atoms with Gasteiger partial charge in [0.05, 0.1) is 5.92 Å². The van der Waals surface area contributed by atoms with Crippen molar-refractivity contribution in [1.82, 2.24) is 5.32 Å². The van der Waals surface area contributed by atoms with Gasteiger partial charge in [-0.2, -0.15) is 0 Å². The van der Waals surface area contributed by atoms with Crippen molar-refractivity contribution in [2.75, 3.05) is 6.54 Å². The number of carbonyl (C=O) groups is 1. The first-order valence-electron chi connectivity index (χ1n) is 6.59. The molecule has 6 heteroatoms. The van der Waals surface area contributed by atoms with Crippen LogP contribution < -0.4 is 5.32 Å². The lowest BCUT2D eigenvalue weighted by Crippen LogP contribution is -2.24. The molecule has 108 valence electrons. The van der Waals surface area contributed by atoms with Crippen LogP contribution in [-0.2, 0) is 9.45 Å². The van der Waals surface area contributed by atoms with Crippen molar-refractivity contribution in [3.63, 3.8) is 0 Å². The first-order chi connectivity index (χ1) is 7.77. The predicted molar refractivity (Wildman–Crippen MR) is 82.4 cm³/mol. The zero-order chi connectivity index (χ0) is 11.8. The third kappa shape index (κ3) is 7.50. The molecular weight excluding hydrogens is 272 g/mol. The molecule has 1 saturated heterocycles. The van der Waals surface area contributed by atoms with Crippen LogP contribution in [0, 0.1) is 5.92 Å². The molecule has 0 saturated carbocycles. The number of hydrogen-bond donors (Lipinski definition) is 1. The fourth-order valence-electron chi connectivity index (χ4n) is 2.40. The summed E-state index contributed by atoms with van der Waals surface area (Å²) < 4.78 is 4.87. The Labute approximate surface area is 124 Å². The van der Waals surface area contributed by atoms with E-state index in [2.05, 4.69) is 12.2 Å². The maximum Gasteiger partial charge on any atom is 0.325 e. The van der Waals surface area contributed by atoms with E-state index in [1.54, 1.807) is 0 Å². The molecule has 0 radical (unpaired) electrons. The van der Waals surface area contributed by atoms with Crippen molar-refractivity contribution in [2.24, 2.45) is 5.92 Å². The van der Waals surface area contributed by atoms with E-state index >= 15 is 0 Å². The van der Waals surface area contributed by atoms with Crippen molar-refractivity contribution in [1.29, 1.82) is 0 Å². The Kier molecular flexibility index (Phi) is 13.7. The molecule has 0 aromatic heterocycles. The molecule has 1 unspecified atom stereocenters. The second-order valence-corrected chi connectivity index (χ2v) is 4.73. The van der Waals surface area contributed by atoms with E-state index in [9.17, 15) is 4.79 Å². The fraction of sp³-hybridized carbons (Fsp3) is 0.917. The zero-order valence-corrected chi connectivity index (χ0v) is 13.1. The van der Waals surface area contributed by atoms with E-state index in [4.69, 9.17) is 4.65 Å². The predicted octanol–water partition coefficient (Wildman–Crippen LogP) is 2.26. The summed E-state index contributed by atoms with van der Waals surface area (Å²) in [4.78, 5) is 11.6. The number of hydrogen-bond acceptors (Lipinski definition) is 3. The average Bonchev–Trinajstić information content (AvgIpc) is 2.81. The number of carbonyl (C=O) groups excluding carboxylic acids is 1. The molecule has 1 aliphatic heterocycles. The highest BCUT2D eigenvalue weighted by Gasteiger charge is 2.21. The summed E-state index contributed by atoms with van der Waals surface area (Å²) in [5, 5.41) is 3.47. The fourth-order valence-corrected chi connectivity index (χ4v) is 2.40. The van der Waals surface area contributed by atoms with E-state index in [1.807, 2.05) is 0 Å². The average molecular weight is 298 g/mol. The number of unbranched alkanes of at least 4 members (excludes halogenated alkanes) is 1. The van der Waals surface area contributed by atoms with Gasteiger partial charge in [-0.25, -0.2) is 0 Å².